The summed E-state index contributed by atoms with van der Waals surface area (Å²) < 4.78 is 5.25. The molecule has 3 rings (SSSR count). The molecule has 1 saturated heterocycles. The van der Waals surface area contributed by atoms with Crippen molar-refractivity contribution < 1.29 is 19.2 Å². The zero-order chi connectivity index (χ0) is 21.0. The molecule has 0 saturated carbocycles. The molecule has 1 aliphatic rings. The van der Waals surface area contributed by atoms with E-state index in [2.05, 4.69) is 0 Å². The van der Waals surface area contributed by atoms with E-state index in [1.54, 1.807) is 30.3 Å². The molecule has 1 heterocycles. The van der Waals surface area contributed by atoms with Gasteiger partial charge in [0.15, 0.2) is 6.10 Å². The first-order chi connectivity index (χ1) is 13.9. The fourth-order valence-corrected chi connectivity index (χ4v) is 3.46. The first kappa shape index (κ1) is 20.8. The number of ketones is 1. The third-order valence-corrected chi connectivity index (χ3v) is 5.14. The summed E-state index contributed by atoms with van der Waals surface area (Å²) in [5.41, 5.74) is 0.754. The van der Waals surface area contributed by atoms with Crippen LogP contribution in [0, 0.1) is 10.1 Å². The first-order valence-corrected chi connectivity index (χ1v) is 9.79. The van der Waals surface area contributed by atoms with Crippen molar-refractivity contribution in [1.82, 2.24) is 0 Å². The highest BCUT2D eigenvalue weighted by Crippen LogP contribution is 2.31. The minimum absolute atomic E-state index is 0.0354. The van der Waals surface area contributed by atoms with Gasteiger partial charge < -0.3 is 9.64 Å². The Morgan fingerprint density at radius 1 is 1.07 bits per heavy atom. The first-order valence-electron chi connectivity index (χ1n) is 9.41. The Hall–Kier alpha value is -2.93. The fraction of sp³-hybridized carbons (Fsp3) is 0.333. The van der Waals surface area contributed by atoms with Gasteiger partial charge in [-0.25, -0.2) is 4.79 Å². The Morgan fingerprint density at radius 3 is 2.31 bits per heavy atom. The average Bonchev–Trinajstić information content (AvgIpc) is 2.73. The zero-order valence-corrected chi connectivity index (χ0v) is 16.7. The van der Waals surface area contributed by atoms with Crippen molar-refractivity contribution in [2.24, 2.45) is 0 Å². The van der Waals surface area contributed by atoms with Gasteiger partial charge >= 0.3 is 5.97 Å². The molecule has 1 aliphatic heterocycles. The minimum Gasteiger partial charge on any atom is -0.451 e. The number of benzene rings is 2. The second-order valence-corrected chi connectivity index (χ2v) is 7.36. The van der Waals surface area contributed by atoms with Crippen LogP contribution in [0.1, 0.15) is 46.9 Å². The predicted molar refractivity (Wildman–Crippen MR) is 110 cm³/mol. The number of nitro benzene ring substituents is 1. The predicted octanol–water partition coefficient (Wildman–Crippen LogP) is 4.67. The molecule has 0 aliphatic carbocycles. The molecular formula is C21H21ClN2O5. The third kappa shape index (κ3) is 4.92. The third-order valence-electron chi connectivity index (χ3n) is 4.89. The fourth-order valence-electron chi connectivity index (χ4n) is 3.33. The largest absolute Gasteiger partial charge is 0.451 e. The van der Waals surface area contributed by atoms with Crippen LogP contribution in [0.15, 0.2) is 42.5 Å². The van der Waals surface area contributed by atoms with E-state index in [0.717, 1.165) is 32.4 Å². The molecule has 152 valence electrons. The van der Waals surface area contributed by atoms with Crippen LogP contribution in [-0.4, -0.2) is 35.9 Å². The summed E-state index contributed by atoms with van der Waals surface area (Å²) in [6.07, 6.45) is 2.02. The van der Waals surface area contributed by atoms with Crippen LogP contribution in [0.25, 0.3) is 0 Å². The number of hydrogen-bond acceptors (Lipinski definition) is 6. The molecule has 0 radical (unpaired) electrons. The Kier molecular flexibility index (Phi) is 6.49. The lowest BCUT2D eigenvalue weighted by atomic mass is 10.1. The van der Waals surface area contributed by atoms with Crippen LogP contribution in [0.4, 0.5) is 11.4 Å². The lowest BCUT2D eigenvalue weighted by Crippen LogP contribution is -2.30. The standard InChI is InChI=1S/C21H21ClN2O5/c1-14(20(25)15-5-8-17(22)9-6-15)29-21(26)16-7-10-18(19(13-16)24(27)28)23-11-3-2-4-12-23/h5-10,13-14H,2-4,11-12H2,1H3/t14-/m1/s1. The van der Waals surface area contributed by atoms with Crippen molar-refractivity contribution in [3.63, 3.8) is 0 Å². The number of halogens is 1. The molecule has 8 heteroatoms. The molecule has 1 fully saturated rings. The number of Topliss-reactive ketones (excluding diaryl/α,β-unsaturated/α-hetero) is 1. The molecule has 29 heavy (non-hydrogen) atoms. The van der Waals surface area contributed by atoms with Crippen LogP contribution >= 0.6 is 11.6 Å². The maximum atomic E-state index is 12.5. The van der Waals surface area contributed by atoms with E-state index >= 15 is 0 Å². The van der Waals surface area contributed by atoms with Crippen molar-refractivity contribution in [2.45, 2.75) is 32.3 Å². The lowest BCUT2D eigenvalue weighted by Gasteiger charge is -2.28. The average molecular weight is 417 g/mol. The highest BCUT2D eigenvalue weighted by molar-refractivity contribution is 6.30. The smallest absolute Gasteiger partial charge is 0.339 e. The van der Waals surface area contributed by atoms with Crippen LogP contribution < -0.4 is 4.90 Å². The van der Waals surface area contributed by atoms with Gasteiger partial charge in [-0.1, -0.05) is 11.6 Å². The van der Waals surface area contributed by atoms with Crippen LogP contribution in [0.5, 0.6) is 0 Å². The van der Waals surface area contributed by atoms with Crippen molar-refractivity contribution in [3.8, 4) is 0 Å². The number of esters is 1. The quantitative estimate of drug-likeness (QED) is 0.294. The van der Waals surface area contributed by atoms with E-state index < -0.39 is 17.0 Å². The lowest BCUT2D eigenvalue weighted by molar-refractivity contribution is -0.384. The summed E-state index contributed by atoms with van der Waals surface area (Å²) in [5, 5.41) is 12.0. The van der Waals surface area contributed by atoms with Crippen LogP contribution in [0.3, 0.4) is 0 Å². The summed E-state index contributed by atoms with van der Waals surface area (Å²) in [7, 11) is 0. The van der Waals surface area contributed by atoms with Crippen molar-refractivity contribution in [1.29, 1.82) is 0 Å². The number of nitro groups is 1. The second kappa shape index (κ2) is 9.05. The van der Waals surface area contributed by atoms with Crippen molar-refractivity contribution in [2.75, 3.05) is 18.0 Å². The van der Waals surface area contributed by atoms with Gasteiger partial charge in [-0.2, -0.15) is 0 Å². The summed E-state index contributed by atoms with van der Waals surface area (Å²) in [6.45, 7) is 2.96. The molecule has 0 aromatic heterocycles. The van der Waals surface area contributed by atoms with E-state index in [1.807, 2.05) is 4.90 Å². The van der Waals surface area contributed by atoms with Gasteiger partial charge in [-0.05, 0) is 62.6 Å². The Labute approximate surface area is 173 Å². The molecule has 0 bridgehead atoms. The minimum atomic E-state index is -1.04. The zero-order valence-electron chi connectivity index (χ0n) is 16.0. The molecule has 1 atom stereocenters. The van der Waals surface area contributed by atoms with Crippen molar-refractivity contribution in [3.05, 3.63) is 68.7 Å². The molecule has 2 aromatic carbocycles. The van der Waals surface area contributed by atoms with Gasteiger partial charge in [0.2, 0.25) is 5.78 Å². The summed E-state index contributed by atoms with van der Waals surface area (Å²) in [5.74, 6) is -1.16. The monoisotopic (exact) mass is 416 g/mol. The number of hydrogen-bond donors (Lipinski definition) is 0. The summed E-state index contributed by atoms with van der Waals surface area (Å²) in [4.78, 5) is 37.9. The van der Waals surface area contributed by atoms with E-state index in [4.69, 9.17) is 16.3 Å². The number of nitrogens with zero attached hydrogens (tertiary/aromatic N) is 2. The molecule has 0 spiro atoms. The molecular weight excluding hydrogens is 396 g/mol. The highest BCUT2D eigenvalue weighted by Gasteiger charge is 2.25. The topological polar surface area (TPSA) is 89.8 Å². The van der Waals surface area contributed by atoms with Gasteiger partial charge in [0.25, 0.3) is 5.69 Å². The highest BCUT2D eigenvalue weighted by atomic mass is 35.5. The van der Waals surface area contributed by atoms with E-state index in [-0.39, 0.29) is 17.0 Å². The maximum absolute atomic E-state index is 12.5. The van der Waals surface area contributed by atoms with Gasteiger partial charge in [0.05, 0.1) is 10.5 Å². The molecule has 2 aromatic rings. The van der Waals surface area contributed by atoms with Crippen molar-refractivity contribution >= 4 is 34.7 Å². The number of carbonyl (C=O) groups is 2. The molecule has 0 amide bonds. The Balaban J connectivity index is 1.76. The van der Waals surface area contributed by atoms with E-state index in [0.29, 0.717) is 16.3 Å². The molecule has 0 unspecified atom stereocenters. The molecule has 0 N–H and O–H groups in total. The van der Waals surface area contributed by atoms with Crippen LogP contribution in [0.2, 0.25) is 5.02 Å². The number of carbonyl (C=O) groups excluding carboxylic acids is 2. The van der Waals surface area contributed by atoms with Gasteiger partial charge in [0.1, 0.15) is 5.69 Å². The maximum Gasteiger partial charge on any atom is 0.339 e. The van der Waals surface area contributed by atoms with E-state index in [9.17, 15) is 19.7 Å². The summed E-state index contributed by atoms with van der Waals surface area (Å²) >= 11 is 5.81. The number of anilines is 1. The second-order valence-electron chi connectivity index (χ2n) is 6.93. The van der Waals surface area contributed by atoms with Crippen LogP contribution in [-0.2, 0) is 4.74 Å². The van der Waals surface area contributed by atoms with Gasteiger partial charge in [0, 0.05) is 29.7 Å². The number of rotatable bonds is 6. The number of piperidine rings is 1. The number of ether oxygens (including phenoxy) is 1. The Bertz CT molecular complexity index is 923. The van der Waals surface area contributed by atoms with E-state index in [1.165, 1.54) is 19.1 Å². The van der Waals surface area contributed by atoms with Gasteiger partial charge in [-0.3, -0.25) is 14.9 Å². The normalized spacial score (nSPS) is 14.9. The Morgan fingerprint density at radius 2 is 1.69 bits per heavy atom. The van der Waals surface area contributed by atoms with Gasteiger partial charge in [-0.15, -0.1) is 0 Å². The SMILES string of the molecule is C[C@@H](OC(=O)c1ccc(N2CCCCC2)c([N+](=O)[O-])c1)C(=O)c1ccc(Cl)cc1. The molecule has 7 nitrogen and oxygen atoms in total. The summed E-state index contributed by atoms with van der Waals surface area (Å²) in [6, 6.07) is 10.5.